The molecule has 2 heterocycles. The molecular weight excluding hydrogens is 302 g/mol. The maximum absolute atomic E-state index is 10.7. The van der Waals surface area contributed by atoms with Crippen molar-refractivity contribution >= 4 is 0 Å². The molecule has 0 spiro atoms. The van der Waals surface area contributed by atoms with Crippen molar-refractivity contribution in [3.63, 3.8) is 0 Å². The van der Waals surface area contributed by atoms with E-state index in [0.29, 0.717) is 12.5 Å². The first-order valence-electron chi connectivity index (χ1n) is 8.94. The lowest BCUT2D eigenvalue weighted by Crippen LogP contribution is -2.29. The fourth-order valence-electron chi connectivity index (χ4n) is 3.52. The van der Waals surface area contributed by atoms with Gasteiger partial charge in [0.2, 0.25) is 5.89 Å². The summed E-state index contributed by atoms with van der Waals surface area (Å²) in [6.07, 6.45) is 3.99. The quantitative estimate of drug-likeness (QED) is 0.911. The number of aliphatic hydroxyl groups excluding tert-OH is 1. The molecule has 2 fully saturated rings. The molecule has 1 aromatic heterocycles. The first kappa shape index (κ1) is 15.8. The molecule has 0 radical (unpaired) electrons. The minimum absolute atomic E-state index is 0.169. The first-order valence-corrected chi connectivity index (χ1v) is 8.94. The molecule has 128 valence electrons. The Hall–Kier alpha value is -1.72. The Kier molecular flexibility index (Phi) is 4.14. The van der Waals surface area contributed by atoms with Gasteiger partial charge < -0.3 is 9.63 Å². The molecule has 24 heavy (non-hydrogen) atoms. The lowest BCUT2D eigenvalue weighted by atomic mass is 10.0. The summed E-state index contributed by atoms with van der Waals surface area (Å²) < 4.78 is 5.42. The Morgan fingerprint density at radius 1 is 1.25 bits per heavy atom. The van der Waals surface area contributed by atoms with Gasteiger partial charge >= 0.3 is 0 Å². The van der Waals surface area contributed by atoms with Crippen LogP contribution in [0.15, 0.2) is 22.7 Å². The van der Waals surface area contributed by atoms with Crippen LogP contribution >= 0.6 is 0 Å². The Labute approximate surface area is 142 Å². The summed E-state index contributed by atoms with van der Waals surface area (Å²) in [6.45, 7) is 5.76. The number of hydrogen-bond acceptors (Lipinski definition) is 5. The fourth-order valence-corrected chi connectivity index (χ4v) is 3.52. The Morgan fingerprint density at radius 3 is 2.83 bits per heavy atom. The largest absolute Gasteiger partial charge is 0.387 e. The second-order valence-corrected chi connectivity index (χ2v) is 7.28. The van der Waals surface area contributed by atoms with Gasteiger partial charge in [-0.25, -0.2) is 0 Å². The number of rotatable bonds is 5. The van der Waals surface area contributed by atoms with E-state index in [1.54, 1.807) is 0 Å². The van der Waals surface area contributed by atoms with Gasteiger partial charge in [0.15, 0.2) is 5.82 Å². The SMILES string of the molecule is Cc1ccc([C@@H](O)CN2CCC[C@@H]2c2noc(C3CC3)n2)cc1C. The van der Waals surface area contributed by atoms with Crippen molar-refractivity contribution in [3.05, 3.63) is 46.6 Å². The van der Waals surface area contributed by atoms with Gasteiger partial charge in [0.25, 0.3) is 0 Å². The molecule has 2 atom stereocenters. The molecule has 5 heteroatoms. The van der Waals surface area contributed by atoms with Gasteiger partial charge in [0.05, 0.1) is 12.1 Å². The van der Waals surface area contributed by atoms with Crippen molar-refractivity contribution in [2.24, 2.45) is 0 Å². The predicted molar refractivity (Wildman–Crippen MR) is 90.7 cm³/mol. The zero-order valence-corrected chi connectivity index (χ0v) is 14.4. The van der Waals surface area contributed by atoms with E-state index in [4.69, 9.17) is 4.52 Å². The third-order valence-corrected chi connectivity index (χ3v) is 5.37. The van der Waals surface area contributed by atoms with Crippen LogP contribution in [0, 0.1) is 13.8 Å². The topological polar surface area (TPSA) is 62.4 Å². The summed E-state index contributed by atoms with van der Waals surface area (Å²) in [5.74, 6) is 2.08. The minimum atomic E-state index is -0.486. The Balaban J connectivity index is 1.46. The number of β-amino-alcohol motifs (C(OH)–C–C–N with tert-alkyl or cyclic N) is 1. The highest BCUT2D eigenvalue weighted by molar-refractivity contribution is 5.31. The standard InChI is InChI=1S/C19H25N3O2/c1-12-5-6-15(10-13(12)2)17(23)11-22-9-3-4-16(22)18-20-19(24-21-18)14-7-8-14/h5-6,10,14,16-17,23H,3-4,7-9,11H2,1-2H3/t16-,17+/m1/s1. The number of aliphatic hydroxyl groups is 1. The highest BCUT2D eigenvalue weighted by Crippen LogP contribution is 2.40. The molecule has 1 saturated carbocycles. The number of nitrogens with zero attached hydrogens (tertiary/aromatic N) is 3. The second-order valence-electron chi connectivity index (χ2n) is 7.28. The van der Waals surface area contributed by atoms with Crippen LogP contribution in [0.4, 0.5) is 0 Å². The van der Waals surface area contributed by atoms with Gasteiger partial charge in [0.1, 0.15) is 0 Å². The predicted octanol–water partition coefficient (Wildman–Crippen LogP) is 3.43. The second kappa shape index (κ2) is 6.30. The minimum Gasteiger partial charge on any atom is -0.387 e. The van der Waals surface area contributed by atoms with E-state index in [1.165, 1.54) is 24.0 Å². The van der Waals surface area contributed by atoms with Crippen LogP contribution in [0.1, 0.15) is 72.2 Å². The van der Waals surface area contributed by atoms with Crippen molar-refractivity contribution in [2.45, 2.75) is 57.6 Å². The maximum atomic E-state index is 10.7. The van der Waals surface area contributed by atoms with E-state index >= 15 is 0 Å². The number of aromatic nitrogens is 2. The third-order valence-electron chi connectivity index (χ3n) is 5.37. The van der Waals surface area contributed by atoms with Gasteiger partial charge in [-0.05, 0) is 62.8 Å². The van der Waals surface area contributed by atoms with E-state index in [2.05, 4.69) is 41.0 Å². The van der Waals surface area contributed by atoms with Crippen LogP contribution in [0.25, 0.3) is 0 Å². The van der Waals surface area contributed by atoms with E-state index in [0.717, 1.165) is 36.7 Å². The molecule has 0 amide bonds. The van der Waals surface area contributed by atoms with E-state index < -0.39 is 6.10 Å². The number of likely N-dealkylation sites (tertiary alicyclic amines) is 1. The summed E-state index contributed by atoms with van der Waals surface area (Å²) in [4.78, 5) is 6.90. The molecule has 1 saturated heterocycles. The monoisotopic (exact) mass is 327 g/mol. The molecule has 0 bridgehead atoms. The van der Waals surface area contributed by atoms with Crippen LogP contribution in [0.3, 0.4) is 0 Å². The van der Waals surface area contributed by atoms with Gasteiger partial charge in [-0.15, -0.1) is 0 Å². The van der Waals surface area contributed by atoms with Crippen molar-refractivity contribution < 1.29 is 9.63 Å². The Bertz CT molecular complexity index is 723. The lowest BCUT2D eigenvalue weighted by Gasteiger charge is -2.25. The number of aryl methyl sites for hydroxylation is 2. The van der Waals surface area contributed by atoms with E-state index in [-0.39, 0.29) is 6.04 Å². The van der Waals surface area contributed by atoms with Crippen molar-refractivity contribution in [3.8, 4) is 0 Å². The summed E-state index contributed by atoms with van der Waals surface area (Å²) in [7, 11) is 0. The van der Waals surface area contributed by atoms with Gasteiger partial charge in [-0.2, -0.15) is 4.98 Å². The molecular formula is C19H25N3O2. The Morgan fingerprint density at radius 2 is 2.08 bits per heavy atom. The summed E-state index contributed by atoms with van der Waals surface area (Å²) in [6, 6.07) is 6.36. The summed E-state index contributed by atoms with van der Waals surface area (Å²) in [5.41, 5.74) is 3.46. The van der Waals surface area contributed by atoms with Gasteiger partial charge in [-0.1, -0.05) is 23.4 Å². The maximum Gasteiger partial charge on any atom is 0.229 e. The van der Waals surface area contributed by atoms with Gasteiger partial charge in [-0.3, -0.25) is 4.90 Å². The summed E-state index contributed by atoms with van der Waals surface area (Å²) >= 11 is 0. The molecule has 1 N–H and O–H groups in total. The normalized spacial score (nSPS) is 22.9. The highest BCUT2D eigenvalue weighted by atomic mass is 16.5. The van der Waals surface area contributed by atoms with Crippen LogP contribution < -0.4 is 0 Å². The van der Waals surface area contributed by atoms with Crippen LogP contribution in [-0.4, -0.2) is 33.2 Å². The number of hydrogen-bond donors (Lipinski definition) is 1. The van der Waals surface area contributed by atoms with Crippen LogP contribution in [0.5, 0.6) is 0 Å². The van der Waals surface area contributed by atoms with Crippen molar-refractivity contribution in [2.75, 3.05) is 13.1 Å². The highest BCUT2D eigenvalue weighted by Gasteiger charge is 2.34. The average molecular weight is 327 g/mol. The van der Waals surface area contributed by atoms with E-state index in [9.17, 15) is 5.11 Å². The van der Waals surface area contributed by atoms with E-state index in [1.807, 2.05) is 6.07 Å². The van der Waals surface area contributed by atoms with Gasteiger partial charge in [0, 0.05) is 12.5 Å². The van der Waals surface area contributed by atoms with Crippen molar-refractivity contribution in [1.82, 2.24) is 15.0 Å². The molecule has 1 aliphatic carbocycles. The van der Waals surface area contributed by atoms with Crippen LogP contribution in [-0.2, 0) is 0 Å². The molecule has 1 aliphatic heterocycles. The molecule has 4 rings (SSSR count). The number of benzene rings is 1. The molecule has 2 aliphatic rings. The first-order chi connectivity index (χ1) is 11.6. The summed E-state index contributed by atoms with van der Waals surface area (Å²) in [5, 5.41) is 14.9. The van der Waals surface area contributed by atoms with Crippen molar-refractivity contribution in [1.29, 1.82) is 0 Å². The van der Waals surface area contributed by atoms with Crippen LogP contribution in [0.2, 0.25) is 0 Å². The lowest BCUT2D eigenvalue weighted by molar-refractivity contribution is 0.103. The molecule has 1 aromatic carbocycles. The molecule has 5 nitrogen and oxygen atoms in total. The molecule has 0 unspecified atom stereocenters. The molecule has 2 aromatic rings. The smallest absolute Gasteiger partial charge is 0.229 e. The fraction of sp³-hybridized carbons (Fsp3) is 0.579. The zero-order chi connectivity index (χ0) is 16.7. The third kappa shape index (κ3) is 3.10. The average Bonchev–Trinajstić information content (AvgIpc) is 3.12. The zero-order valence-electron chi connectivity index (χ0n) is 14.4.